The number of benzene rings is 1. The SMILES string of the molecule is C=C(C)CN1CC=C(c2ccc(F)c(C)c2)C=C1CC. The molecule has 0 atom stereocenters. The molecule has 0 N–H and O–H groups in total. The smallest absolute Gasteiger partial charge is 0.126 e. The Bertz CT molecular complexity index is 581. The van der Waals surface area contributed by atoms with Crippen molar-refractivity contribution in [1.82, 2.24) is 4.90 Å². The number of hydrogen-bond donors (Lipinski definition) is 0. The van der Waals surface area contributed by atoms with Crippen molar-refractivity contribution in [3.8, 4) is 0 Å². The van der Waals surface area contributed by atoms with Crippen molar-refractivity contribution in [1.29, 1.82) is 0 Å². The zero-order valence-electron chi connectivity index (χ0n) is 12.5. The first kappa shape index (κ1) is 14.6. The van der Waals surface area contributed by atoms with Crippen molar-refractivity contribution in [2.24, 2.45) is 0 Å². The first-order chi connectivity index (χ1) is 9.51. The van der Waals surface area contributed by atoms with Crippen LogP contribution in [0.1, 0.15) is 31.4 Å². The van der Waals surface area contributed by atoms with Crippen LogP contribution in [0.4, 0.5) is 4.39 Å². The van der Waals surface area contributed by atoms with Crippen LogP contribution in [0.3, 0.4) is 0 Å². The lowest BCUT2D eigenvalue weighted by molar-refractivity contribution is 0.396. The van der Waals surface area contributed by atoms with E-state index in [1.165, 1.54) is 16.8 Å². The maximum Gasteiger partial charge on any atom is 0.126 e. The molecule has 0 saturated heterocycles. The van der Waals surface area contributed by atoms with E-state index in [1.807, 2.05) is 12.1 Å². The average molecular weight is 271 g/mol. The molecule has 0 bridgehead atoms. The second-order valence-corrected chi connectivity index (χ2v) is 5.45. The number of allylic oxidation sites excluding steroid dienone is 3. The van der Waals surface area contributed by atoms with Gasteiger partial charge in [0.1, 0.15) is 5.82 Å². The quantitative estimate of drug-likeness (QED) is 0.717. The van der Waals surface area contributed by atoms with Gasteiger partial charge in [0.25, 0.3) is 0 Å². The summed E-state index contributed by atoms with van der Waals surface area (Å²) in [6.45, 7) is 11.8. The molecular weight excluding hydrogens is 249 g/mol. The second-order valence-electron chi connectivity index (χ2n) is 5.45. The molecule has 0 aromatic heterocycles. The molecular formula is C18H22FN. The van der Waals surface area contributed by atoms with Gasteiger partial charge in [0.05, 0.1) is 0 Å². The maximum absolute atomic E-state index is 13.4. The minimum atomic E-state index is -0.145. The van der Waals surface area contributed by atoms with E-state index in [4.69, 9.17) is 0 Å². The van der Waals surface area contributed by atoms with Gasteiger partial charge in [-0.15, -0.1) is 0 Å². The first-order valence-corrected chi connectivity index (χ1v) is 7.08. The number of halogens is 1. The van der Waals surface area contributed by atoms with E-state index >= 15 is 0 Å². The molecule has 0 unspecified atom stereocenters. The number of hydrogen-bond acceptors (Lipinski definition) is 1. The fourth-order valence-electron chi connectivity index (χ4n) is 2.50. The van der Waals surface area contributed by atoms with Crippen LogP contribution in [-0.4, -0.2) is 18.0 Å². The van der Waals surface area contributed by atoms with Crippen LogP contribution in [0.5, 0.6) is 0 Å². The summed E-state index contributed by atoms with van der Waals surface area (Å²) in [5, 5.41) is 0. The first-order valence-electron chi connectivity index (χ1n) is 7.08. The summed E-state index contributed by atoms with van der Waals surface area (Å²) in [6, 6.07) is 5.32. The lowest BCUT2D eigenvalue weighted by Crippen LogP contribution is -2.27. The summed E-state index contributed by atoms with van der Waals surface area (Å²) in [4.78, 5) is 2.34. The topological polar surface area (TPSA) is 3.24 Å². The Morgan fingerprint density at radius 1 is 1.40 bits per heavy atom. The third-order valence-corrected chi connectivity index (χ3v) is 3.57. The highest BCUT2D eigenvalue weighted by molar-refractivity contribution is 5.76. The van der Waals surface area contributed by atoms with Crippen molar-refractivity contribution in [3.63, 3.8) is 0 Å². The minimum Gasteiger partial charge on any atom is -0.367 e. The largest absolute Gasteiger partial charge is 0.367 e. The van der Waals surface area contributed by atoms with Crippen molar-refractivity contribution in [3.05, 3.63) is 65.1 Å². The van der Waals surface area contributed by atoms with E-state index in [1.54, 1.807) is 13.0 Å². The molecule has 1 aromatic carbocycles. The number of nitrogens with zero attached hydrogens (tertiary/aromatic N) is 1. The predicted octanol–water partition coefficient (Wildman–Crippen LogP) is 4.70. The molecule has 1 aliphatic rings. The van der Waals surface area contributed by atoms with Crippen molar-refractivity contribution < 1.29 is 4.39 Å². The Labute approximate surface area is 121 Å². The third kappa shape index (κ3) is 3.19. The van der Waals surface area contributed by atoms with Gasteiger partial charge in [0.2, 0.25) is 0 Å². The van der Waals surface area contributed by atoms with Crippen LogP contribution >= 0.6 is 0 Å². The fraction of sp³-hybridized carbons (Fsp3) is 0.333. The molecule has 2 heteroatoms. The molecule has 1 aromatic rings. The van der Waals surface area contributed by atoms with Gasteiger partial charge in [-0.25, -0.2) is 4.39 Å². The Balaban J connectivity index is 2.26. The predicted molar refractivity (Wildman–Crippen MR) is 83.9 cm³/mol. The normalized spacial score (nSPS) is 14.9. The van der Waals surface area contributed by atoms with Crippen molar-refractivity contribution in [2.45, 2.75) is 27.2 Å². The van der Waals surface area contributed by atoms with Gasteiger partial charge in [0.15, 0.2) is 0 Å². The van der Waals surface area contributed by atoms with Crippen LogP contribution in [0.25, 0.3) is 5.57 Å². The second kappa shape index (κ2) is 6.08. The molecule has 1 heterocycles. The van der Waals surface area contributed by atoms with E-state index in [9.17, 15) is 4.39 Å². The van der Waals surface area contributed by atoms with E-state index in [0.29, 0.717) is 5.56 Å². The highest BCUT2D eigenvalue weighted by Crippen LogP contribution is 2.26. The fourth-order valence-corrected chi connectivity index (χ4v) is 2.50. The third-order valence-electron chi connectivity index (χ3n) is 3.57. The Morgan fingerprint density at radius 2 is 2.15 bits per heavy atom. The van der Waals surface area contributed by atoms with Crippen molar-refractivity contribution in [2.75, 3.05) is 13.1 Å². The molecule has 0 spiro atoms. The lowest BCUT2D eigenvalue weighted by atomic mass is 9.98. The van der Waals surface area contributed by atoms with Gasteiger partial charge in [-0.05, 0) is 55.2 Å². The van der Waals surface area contributed by atoms with E-state index < -0.39 is 0 Å². The zero-order valence-corrected chi connectivity index (χ0v) is 12.5. The van der Waals surface area contributed by atoms with Crippen molar-refractivity contribution >= 4 is 5.57 Å². The monoisotopic (exact) mass is 271 g/mol. The molecule has 1 aliphatic heterocycles. The highest BCUT2D eigenvalue weighted by atomic mass is 19.1. The number of aryl methyl sites for hydroxylation is 1. The maximum atomic E-state index is 13.4. The molecule has 0 aliphatic carbocycles. The van der Waals surface area contributed by atoms with Gasteiger partial charge < -0.3 is 4.90 Å². The van der Waals surface area contributed by atoms with E-state index in [0.717, 1.165) is 25.1 Å². The molecule has 0 radical (unpaired) electrons. The molecule has 0 saturated carbocycles. The van der Waals surface area contributed by atoms with Crippen LogP contribution in [0.2, 0.25) is 0 Å². The Hall–Kier alpha value is -1.83. The standard InChI is InChI=1S/C18H22FN/c1-5-17-11-16(8-9-20(17)12-13(2)3)15-6-7-18(19)14(4)10-15/h6-8,10-11H,2,5,9,12H2,1,3-4H3. The molecule has 20 heavy (non-hydrogen) atoms. The summed E-state index contributed by atoms with van der Waals surface area (Å²) in [7, 11) is 0. The zero-order chi connectivity index (χ0) is 14.7. The Kier molecular flexibility index (Phi) is 4.43. The minimum absolute atomic E-state index is 0.145. The molecule has 1 nitrogen and oxygen atoms in total. The summed E-state index contributed by atoms with van der Waals surface area (Å²) in [5.41, 5.74) is 5.44. The Morgan fingerprint density at radius 3 is 2.75 bits per heavy atom. The van der Waals surface area contributed by atoms with Crippen LogP contribution in [0, 0.1) is 12.7 Å². The molecule has 2 rings (SSSR count). The van der Waals surface area contributed by atoms with Crippen LogP contribution in [-0.2, 0) is 0 Å². The van der Waals surface area contributed by atoms with Gasteiger partial charge in [-0.2, -0.15) is 0 Å². The lowest BCUT2D eigenvalue weighted by Gasteiger charge is -2.30. The van der Waals surface area contributed by atoms with E-state index in [-0.39, 0.29) is 5.82 Å². The molecule has 106 valence electrons. The van der Waals surface area contributed by atoms with Gasteiger partial charge >= 0.3 is 0 Å². The van der Waals surface area contributed by atoms with Gasteiger partial charge in [-0.3, -0.25) is 0 Å². The summed E-state index contributed by atoms with van der Waals surface area (Å²) < 4.78 is 13.4. The summed E-state index contributed by atoms with van der Waals surface area (Å²) >= 11 is 0. The average Bonchev–Trinajstić information content (AvgIpc) is 2.42. The van der Waals surface area contributed by atoms with Gasteiger partial charge in [-0.1, -0.05) is 31.2 Å². The van der Waals surface area contributed by atoms with Gasteiger partial charge in [0, 0.05) is 18.8 Å². The van der Waals surface area contributed by atoms with Crippen LogP contribution in [0.15, 0.2) is 48.2 Å². The number of rotatable bonds is 4. The van der Waals surface area contributed by atoms with Crippen LogP contribution < -0.4 is 0 Å². The molecule has 0 fully saturated rings. The highest BCUT2D eigenvalue weighted by Gasteiger charge is 2.14. The summed E-state index contributed by atoms with van der Waals surface area (Å²) in [5.74, 6) is -0.145. The molecule has 0 amide bonds. The summed E-state index contributed by atoms with van der Waals surface area (Å²) in [6.07, 6.45) is 5.40. The van der Waals surface area contributed by atoms with E-state index in [2.05, 4.69) is 37.5 Å².